The number of hydrogen-bond donors (Lipinski definition) is 0. The second-order valence-electron chi connectivity index (χ2n) is 4.21. The van der Waals surface area contributed by atoms with Gasteiger partial charge in [-0.05, 0) is 25.5 Å². The number of benzene rings is 1. The fourth-order valence-electron chi connectivity index (χ4n) is 1.78. The van der Waals surface area contributed by atoms with Crippen LogP contribution < -0.4 is 5.43 Å². The van der Waals surface area contributed by atoms with Gasteiger partial charge < -0.3 is 4.74 Å². The number of ether oxygens (including phenoxy) is 1. The SMILES string of the molecule is COC(=O)c1nn(-c2ccccc2C)cc(C)c1=O. The molecular formula is C14H14N2O3. The average molecular weight is 258 g/mol. The molecule has 5 nitrogen and oxygen atoms in total. The molecule has 0 unspecified atom stereocenters. The van der Waals surface area contributed by atoms with Crippen LogP contribution in [0.25, 0.3) is 5.69 Å². The summed E-state index contributed by atoms with van der Waals surface area (Å²) in [5.74, 6) is -0.726. The van der Waals surface area contributed by atoms with E-state index in [0.29, 0.717) is 5.56 Å². The van der Waals surface area contributed by atoms with Crippen LogP contribution in [0.15, 0.2) is 35.3 Å². The highest BCUT2D eigenvalue weighted by molar-refractivity contribution is 5.87. The van der Waals surface area contributed by atoms with Crippen LogP contribution in [0.4, 0.5) is 0 Å². The first-order valence-electron chi connectivity index (χ1n) is 5.79. The van der Waals surface area contributed by atoms with Crippen molar-refractivity contribution in [1.82, 2.24) is 9.78 Å². The van der Waals surface area contributed by atoms with Crippen LogP contribution in [0.2, 0.25) is 0 Å². The molecule has 0 spiro atoms. The fraction of sp³-hybridized carbons (Fsp3) is 0.214. The van der Waals surface area contributed by atoms with E-state index in [1.54, 1.807) is 13.1 Å². The Balaban J connectivity index is 2.67. The van der Waals surface area contributed by atoms with E-state index in [1.165, 1.54) is 11.8 Å². The van der Waals surface area contributed by atoms with E-state index in [1.807, 2.05) is 31.2 Å². The predicted molar refractivity (Wildman–Crippen MR) is 70.6 cm³/mol. The molecule has 98 valence electrons. The fourth-order valence-corrected chi connectivity index (χ4v) is 1.78. The van der Waals surface area contributed by atoms with Gasteiger partial charge in [0.25, 0.3) is 0 Å². The van der Waals surface area contributed by atoms with Gasteiger partial charge in [0.2, 0.25) is 11.1 Å². The van der Waals surface area contributed by atoms with E-state index in [-0.39, 0.29) is 5.69 Å². The van der Waals surface area contributed by atoms with Gasteiger partial charge in [-0.25, -0.2) is 9.48 Å². The number of esters is 1. The number of carbonyl (C=O) groups is 1. The van der Waals surface area contributed by atoms with Crippen LogP contribution >= 0.6 is 0 Å². The summed E-state index contributed by atoms with van der Waals surface area (Å²) in [5.41, 5.74) is 1.64. The zero-order valence-corrected chi connectivity index (χ0v) is 11.0. The number of hydrogen-bond acceptors (Lipinski definition) is 4. The zero-order chi connectivity index (χ0) is 14.0. The molecule has 5 heteroatoms. The lowest BCUT2D eigenvalue weighted by Gasteiger charge is -2.10. The number of rotatable bonds is 2. The van der Waals surface area contributed by atoms with Crippen LogP contribution in [0.5, 0.6) is 0 Å². The third-order valence-electron chi connectivity index (χ3n) is 2.84. The van der Waals surface area contributed by atoms with Crippen LogP contribution in [-0.4, -0.2) is 22.9 Å². The van der Waals surface area contributed by atoms with Gasteiger partial charge in [-0.1, -0.05) is 18.2 Å². The van der Waals surface area contributed by atoms with Crippen LogP contribution in [0, 0.1) is 13.8 Å². The van der Waals surface area contributed by atoms with Crippen molar-refractivity contribution >= 4 is 5.97 Å². The van der Waals surface area contributed by atoms with Gasteiger partial charge >= 0.3 is 5.97 Å². The molecule has 0 saturated carbocycles. The molecule has 0 atom stereocenters. The van der Waals surface area contributed by atoms with Crippen molar-refractivity contribution < 1.29 is 9.53 Å². The van der Waals surface area contributed by atoms with Crippen molar-refractivity contribution in [2.24, 2.45) is 0 Å². The minimum atomic E-state index is -0.726. The third kappa shape index (κ3) is 2.40. The van der Waals surface area contributed by atoms with Gasteiger partial charge in [0, 0.05) is 11.8 Å². The summed E-state index contributed by atoms with van der Waals surface area (Å²) in [6.45, 7) is 3.58. The lowest BCUT2D eigenvalue weighted by atomic mass is 10.2. The highest BCUT2D eigenvalue weighted by atomic mass is 16.5. The Morgan fingerprint density at radius 1 is 1.21 bits per heavy atom. The molecule has 0 aliphatic heterocycles. The Labute approximate surface area is 110 Å². The van der Waals surface area contributed by atoms with Crippen molar-refractivity contribution in [3.63, 3.8) is 0 Å². The summed E-state index contributed by atoms with van der Waals surface area (Å²) < 4.78 is 6.10. The quantitative estimate of drug-likeness (QED) is 0.768. The molecule has 0 aliphatic carbocycles. The first-order valence-corrected chi connectivity index (χ1v) is 5.79. The van der Waals surface area contributed by atoms with Gasteiger partial charge in [0.05, 0.1) is 12.8 Å². The number of methoxy groups -OCH3 is 1. The molecule has 1 aromatic heterocycles. The van der Waals surface area contributed by atoms with Crippen LogP contribution in [-0.2, 0) is 4.74 Å². The smallest absolute Gasteiger partial charge is 0.362 e. The molecule has 1 aromatic carbocycles. The van der Waals surface area contributed by atoms with E-state index >= 15 is 0 Å². The van der Waals surface area contributed by atoms with E-state index in [9.17, 15) is 9.59 Å². The molecule has 1 heterocycles. The minimum Gasteiger partial charge on any atom is -0.464 e. The lowest BCUT2D eigenvalue weighted by Crippen LogP contribution is -2.24. The summed E-state index contributed by atoms with van der Waals surface area (Å²) in [6.07, 6.45) is 1.61. The minimum absolute atomic E-state index is 0.203. The first kappa shape index (κ1) is 13.0. The Hall–Kier alpha value is -2.43. The molecular weight excluding hydrogens is 244 g/mol. The van der Waals surface area contributed by atoms with Gasteiger partial charge in [-0.3, -0.25) is 4.79 Å². The molecule has 2 aromatic rings. The molecule has 0 bridgehead atoms. The number of carbonyl (C=O) groups excluding carboxylic acids is 1. The van der Waals surface area contributed by atoms with E-state index in [0.717, 1.165) is 11.3 Å². The maximum absolute atomic E-state index is 11.9. The zero-order valence-electron chi connectivity index (χ0n) is 11.0. The molecule has 0 amide bonds. The van der Waals surface area contributed by atoms with Gasteiger partial charge in [-0.15, -0.1) is 0 Å². The van der Waals surface area contributed by atoms with Crippen molar-refractivity contribution in [3.8, 4) is 5.69 Å². The molecule has 0 saturated heterocycles. The average Bonchev–Trinajstić information content (AvgIpc) is 2.41. The largest absolute Gasteiger partial charge is 0.464 e. The highest BCUT2D eigenvalue weighted by Crippen LogP contribution is 2.12. The highest BCUT2D eigenvalue weighted by Gasteiger charge is 2.16. The van der Waals surface area contributed by atoms with Crippen molar-refractivity contribution in [2.75, 3.05) is 7.11 Å². The first-order chi connectivity index (χ1) is 9.04. The second kappa shape index (κ2) is 5.06. The van der Waals surface area contributed by atoms with E-state index in [2.05, 4.69) is 9.84 Å². The van der Waals surface area contributed by atoms with Crippen molar-refractivity contribution in [2.45, 2.75) is 13.8 Å². The summed E-state index contributed by atoms with van der Waals surface area (Å²) in [5, 5.41) is 4.06. The van der Waals surface area contributed by atoms with Crippen molar-refractivity contribution in [3.05, 3.63) is 57.5 Å². The van der Waals surface area contributed by atoms with Gasteiger partial charge in [0.15, 0.2) is 0 Å². The van der Waals surface area contributed by atoms with Gasteiger partial charge in [-0.2, -0.15) is 5.10 Å². The Morgan fingerprint density at radius 3 is 2.53 bits per heavy atom. The summed E-state index contributed by atoms with van der Waals surface area (Å²) in [6, 6.07) is 7.58. The molecule has 2 rings (SSSR count). The number of para-hydroxylation sites is 1. The monoisotopic (exact) mass is 258 g/mol. The topological polar surface area (TPSA) is 61.2 Å². The Bertz CT molecular complexity index is 689. The molecule has 0 aliphatic rings. The molecule has 0 fully saturated rings. The third-order valence-corrected chi connectivity index (χ3v) is 2.84. The number of aromatic nitrogens is 2. The molecule has 0 N–H and O–H groups in total. The number of nitrogens with zero attached hydrogens (tertiary/aromatic N) is 2. The standard InChI is InChI=1S/C14H14N2O3/c1-9-6-4-5-7-11(9)16-8-10(2)13(17)12(15-16)14(18)19-3/h4-8H,1-3H3. The number of aryl methyl sites for hydroxylation is 2. The second-order valence-corrected chi connectivity index (χ2v) is 4.21. The summed E-state index contributed by atoms with van der Waals surface area (Å²) in [7, 11) is 1.23. The van der Waals surface area contributed by atoms with E-state index in [4.69, 9.17) is 0 Å². The molecule has 19 heavy (non-hydrogen) atoms. The summed E-state index contributed by atoms with van der Waals surface area (Å²) in [4.78, 5) is 23.4. The van der Waals surface area contributed by atoms with Crippen LogP contribution in [0.3, 0.4) is 0 Å². The van der Waals surface area contributed by atoms with Gasteiger partial charge in [0.1, 0.15) is 0 Å². The summed E-state index contributed by atoms with van der Waals surface area (Å²) >= 11 is 0. The maximum atomic E-state index is 11.9. The lowest BCUT2D eigenvalue weighted by molar-refractivity contribution is 0.0590. The normalized spacial score (nSPS) is 10.3. The predicted octanol–water partition coefficient (Wildman–Crippen LogP) is 1.64. The Kier molecular flexibility index (Phi) is 3.46. The maximum Gasteiger partial charge on any atom is 0.362 e. The Morgan fingerprint density at radius 2 is 1.89 bits per heavy atom. The van der Waals surface area contributed by atoms with E-state index < -0.39 is 11.4 Å². The van der Waals surface area contributed by atoms with Crippen molar-refractivity contribution in [1.29, 1.82) is 0 Å². The van der Waals surface area contributed by atoms with Crippen LogP contribution in [0.1, 0.15) is 21.6 Å². The molecule has 0 radical (unpaired) electrons.